The van der Waals surface area contributed by atoms with Crippen LogP contribution in [0.3, 0.4) is 0 Å². The quantitative estimate of drug-likeness (QED) is 0.237. The molecule has 0 atom stereocenters. The third kappa shape index (κ3) is 5.85. The summed E-state index contributed by atoms with van der Waals surface area (Å²) in [5.41, 5.74) is -4.24. The fraction of sp³-hybridized carbons (Fsp3) is 0.238. The highest BCUT2D eigenvalue weighted by atomic mass is 35.5. The van der Waals surface area contributed by atoms with Crippen LogP contribution in [0.15, 0.2) is 35.5 Å². The maximum absolute atomic E-state index is 14.6. The van der Waals surface area contributed by atoms with E-state index in [0.717, 1.165) is 24.4 Å². The Balaban J connectivity index is 2.14. The summed E-state index contributed by atoms with van der Waals surface area (Å²) in [4.78, 5) is 16.2. The highest BCUT2D eigenvalue weighted by Gasteiger charge is 2.48. The van der Waals surface area contributed by atoms with Gasteiger partial charge in [-0.2, -0.15) is 18.8 Å². The van der Waals surface area contributed by atoms with Gasteiger partial charge in [0.1, 0.15) is 19.2 Å². The average molecular weight is 567 g/mol. The van der Waals surface area contributed by atoms with Crippen LogP contribution in [0.5, 0.6) is 17.2 Å². The smallest absolute Gasteiger partial charge is 0.352 e. The van der Waals surface area contributed by atoms with Crippen molar-refractivity contribution in [2.75, 3.05) is 13.2 Å². The molecule has 16 heteroatoms. The fourth-order valence-corrected chi connectivity index (χ4v) is 3.37. The van der Waals surface area contributed by atoms with E-state index in [2.05, 4.69) is 4.98 Å². The van der Waals surface area contributed by atoms with Gasteiger partial charge in [-0.3, -0.25) is 9.36 Å². The minimum Gasteiger partial charge on any atom is -0.618 e. The van der Waals surface area contributed by atoms with Crippen LogP contribution in [0.4, 0.5) is 22.0 Å². The number of hydrogen-bond acceptors (Lipinski definition) is 7. The van der Waals surface area contributed by atoms with Crippen molar-refractivity contribution in [2.45, 2.75) is 18.9 Å². The third-order valence-electron chi connectivity index (χ3n) is 4.65. The predicted molar refractivity (Wildman–Crippen MR) is 117 cm³/mol. The van der Waals surface area contributed by atoms with E-state index in [1.54, 1.807) is 0 Å². The van der Waals surface area contributed by atoms with E-state index in [0.29, 0.717) is 10.9 Å². The van der Waals surface area contributed by atoms with Crippen molar-refractivity contribution >= 4 is 23.2 Å². The molecule has 37 heavy (non-hydrogen) atoms. The summed E-state index contributed by atoms with van der Waals surface area (Å²) in [6.07, 6.45) is -3.00. The number of alkyl halides is 4. The van der Waals surface area contributed by atoms with Gasteiger partial charge in [0, 0.05) is 17.2 Å². The predicted octanol–water partition coefficient (Wildman–Crippen LogP) is 3.76. The second-order valence-corrected chi connectivity index (χ2v) is 7.98. The highest BCUT2D eigenvalue weighted by molar-refractivity contribution is 6.32. The van der Waals surface area contributed by atoms with Crippen LogP contribution in [0, 0.1) is 22.4 Å². The molecule has 196 valence electrons. The van der Waals surface area contributed by atoms with Crippen molar-refractivity contribution in [1.82, 2.24) is 9.55 Å². The van der Waals surface area contributed by atoms with Crippen LogP contribution < -0.4 is 19.8 Å². The Morgan fingerprint density at radius 1 is 1.27 bits per heavy atom. The fourth-order valence-electron chi connectivity index (χ4n) is 2.93. The first kappa shape index (κ1) is 27.9. The van der Waals surface area contributed by atoms with Gasteiger partial charge in [-0.15, -0.1) is 0 Å². The number of rotatable bonds is 9. The molecule has 0 unspecified atom stereocenters. The van der Waals surface area contributed by atoms with Crippen molar-refractivity contribution in [1.29, 1.82) is 5.26 Å². The standard InChI is InChI=1S/C21H13Cl2F5N4O5/c22-11-3-10(6-29)16(24)14(4-11)37-17-18(21(27,28)20(25)26)30-9-31(19(17)34)7-12-5-13(23)15(8-32(12)35)36-2-1-33/h3-5,8-9,20,33H,1-2,7H2. The molecular formula is C21H13Cl2F5N4O5. The zero-order valence-electron chi connectivity index (χ0n) is 18.1. The van der Waals surface area contributed by atoms with Crippen molar-refractivity contribution in [3.8, 4) is 23.3 Å². The molecule has 0 aliphatic heterocycles. The van der Waals surface area contributed by atoms with E-state index >= 15 is 0 Å². The van der Waals surface area contributed by atoms with Gasteiger partial charge in [-0.1, -0.05) is 23.2 Å². The highest BCUT2D eigenvalue weighted by Crippen LogP contribution is 2.39. The van der Waals surface area contributed by atoms with Crippen LogP contribution in [-0.2, 0) is 12.5 Å². The molecule has 9 nitrogen and oxygen atoms in total. The van der Waals surface area contributed by atoms with Gasteiger partial charge in [0.05, 0.1) is 23.5 Å². The molecule has 0 radical (unpaired) electrons. The lowest BCUT2D eigenvalue weighted by Crippen LogP contribution is -2.36. The number of nitriles is 1. The Bertz CT molecular complexity index is 1430. The molecule has 1 N–H and O–H groups in total. The summed E-state index contributed by atoms with van der Waals surface area (Å²) in [6.45, 7) is -1.23. The maximum atomic E-state index is 14.6. The van der Waals surface area contributed by atoms with Gasteiger partial charge < -0.3 is 19.8 Å². The lowest BCUT2D eigenvalue weighted by Gasteiger charge is -2.19. The second kappa shape index (κ2) is 11.2. The lowest BCUT2D eigenvalue weighted by atomic mass is 10.2. The summed E-state index contributed by atoms with van der Waals surface area (Å²) in [5.74, 6) is -9.01. The number of nitrogens with zero attached hydrogens (tertiary/aromatic N) is 4. The number of aliphatic hydroxyl groups excluding tert-OH is 1. The molecule has 0 fully saturated rings. The molecule has 0 bridgehead atoms. The SMILES string of the molecule is N#Cc1cc(Cl)cc(Oc2c(C(F)(F)C(F)F)ncn(Cc3cc(Cl)c(OCCO)c[n+]3[O-])c2=O)c1F. The van der Waals surface area contributed by atoms with E-state index in [1.807, 2.05) is 0 Å². The Morgan fingerprint density at radius 3 is 2.59 bits per heavy atom. The molecule has 0 amide bonds. The van der Waals surface area contributed by atoms with Gasteiger partial charge in [-0.25, -0.2) is 18.2 Å². The summed E-state index contributed by atoms with van der Waals surface area (Å²) in [7, 11) is 0. The van der Waals surface area contributed by atoms with Crippen molar-refractivity contribution < 1.29 is 41.3 Å². The van der Waals surface area contributed by atoms with Gasteiger partial charge in [0.2, 0.25) is 23.4 Å². The number of aromatic nitrogens is 3. The van der Waals surface area contributed by atoms with Crippen LogP contribution in [-0.4, -0.2) is 34.3 Å². The molecule has 2 aromatic heterocycles. The number of ether oxygens (including phenoxy) is 2. The molecule has 0 saturated heterocycles. The Hall–Kier alpha value is -3.67. The Kier molecular flexibility index (Phi) is 8.42. The molecule has 3 rings (SSSR count). The molecule has 1 aromatic carbocycles. The topological polar surface area (TPSA) is 124 Å². The minimum absolute atomic E-state index is 0.111. The van der Waals surface area contributed by atoms with E-state index in [4.69, 9.17) is 43.0 Å². The van der Waals surface area contributed by atoms with Crippen molar-refractivity contribution in [3.05, 3.63) is 79.1 Å². The number of benzene rings is 1. The summed E-state index contributed by atoms with van der Waals surface area (Å²) in [6, 6.07) is 4.10. The van der Waals surface area contributed by atoms with E-state index < -0.39 is 53.0 Å². The monoisotopic (exact) mass is 566 g/mol. The Labute approximate surface area is 214 Å². The zero-order valence-corrected chi connectivity index (χ0v) is 19.6. The van der Waals surface area contributed by atoms with E-state index in [9.17, 15) is 32.0 Å². The van der Waals surface area contributed by atoms with Crippen LogP contribution in [0.25, 0.3) is 0 Å². The molecular weight excluding hydrogens is 554 g/mol. The first-order valence-electron chi connectivity index (χ1n) is 9.88. The van der Waals surface area contributed by atoms with Gasteiger partial charge in [0.25, 0.3) is 5.56 Å². The summed E-state index contributed by atoms with van der Waals surface area (Å²) in [5, 5.41) is 29.8. The number of halogens is 7. The minimum atomic E-state index is -5.01. The number of aliphatic hydroxyl groups is 1. The van der Waals surface area contributed by atoms with Gasteiger partial charge >= 0.3 is 12.3 Å². The largest absolute Gasteiger partial charge is 0.618 e. The van der Waals surface area contributed by atoms with E-state index in [-0.39, 0.29) is 39.4 Å². The van der Waals surface area contributed by atoms with Crippen LogP contribution in [0.1, 0.15) is 17.0 Å². The second-order valence-electron chi connectivity index (χ2n) is 7.13. The molecule has 0 aliphatic rings. The molecule has 0 spiro atoms. The van der Waals surface area contributed by atoms with Gasteiger partial charge in [0.15, 0.2) is 17.3 Å². The van der Waals surface area contributed by atoms with Crippen molar-refractivity contribution in [3.63, 3.8) is 0 Å². The number of pyridine rings is 1. The van der Waals surface area contributed by atoms with Gasteiger partial charge in [-0.05, 0) is 6.07 Å². The van der Waals surface area contributed by atoms with Crippen molar-refractivity contribution in [2.24, 2.45) is 0 Å². The zero-order chi connectivity index (χ0) is 27.5. The molecule has 0 aliphatic carbocycles. The average Bonchev–Trinajstić information content (AvgIpc) is 2.84. The molecule has 0 saturated carbocycles. The summed E-state index contributed by atoms with van der Waals surface area (Å²) >= 11 is 11.8. The van der Waals surface area contributed by atoms with E-state index in [1.165, 1.54) is 6.07 Å². The third-order valence-corrected chi connectivity index (χ3v) is 5.16. The first-order valence-corrected chi connectivity index (χ1v) is 10.6. The van der Waals surface area contributed by atoms with Crippen LogP contribution >= 0.6 is 23.2 Å². The Morgan fingerprint density at radius 2 is 1.97 bits per heavy atom. The summed E-state index contributed by atoms with van der Waals surface area (Å²) < 4.78 is 80.1. The molecule has 2 heterocycles. The lowest BCUT2D eigenvalue weighted by molar-refractivity contribution is -0.614. The normalized spacial score (nSPS) is 11.5. The first-order chi connectivity index (χ1) is 17.4. The maximum Gasteiger partial charge on any atom is 0.352 e. The molecule has 3 aromatic rings. The number of hydrogen-bond donors (Lipinski definition) is 1. The van der Waals surface area contributed by atoms with Crippen LogP contribution in [0.2, 0.25) is 10.0 Å².